The topological polar surface area (TPSA) is 24.7 Å². The molecule has 1 aliphatic heterocycles. The molecule has 2 nitrogen and oxygen atoms in total. The van der Waals surface area contributed by atoms with Crippen molar-refractivity contribution < 1.29 is 0 Å². The maximum atomic E-state index is 4.08. The minimum atomic E-state index is 0.968. The van der Waals surface area contributed by atoms with Gasteiger partial charge >= 0.3 is 0 Å². The molecule has 0 aliphatic carbocycles. The molecular weight excluding hydrogens is 300 g/mol. The summed E-state index contributed by atoms with van der Waals surface area (Å²) in [7, 11) is 0. The van der Waals surface area contributed by atoms with Crippen molar-refractivity contribution >= 4 is 52.4 Å². The highest BCUT2D eigenvalue weighted by Gasteiger charge is 2.12. The van der Waals surface area contributed by atoms with E-state index in [1.54, 1.807) is 28.9 Å². The molecule has 1 aliphatic rings. The Hall–Kier alpha value is -0.560. The Morgan fingerprint density at radius 3 is 2.33 bits per heavy atom. The zero-order chi connectivity index (χ0) is 12.8. The van der Waals surface area contributed by atoms with E-state index in [4.69, 9.17) is 0 Å². The van der Waals surface area contributed by atoms with E-state index in [1.807, 2.05) is 46.4 Å². The number of allylic oxidation sites excluding steroid dienone is 5. The van der Waals surface area contributed by atoms with Crippen LogP contribution in [0, 0.1) is 0 Å². The standard InChI is InChI=1S/C12H12N2S4/c1-9-10(2)18-11(17-9)5-3-4-6-13-14-12-15-7-8-16-12/h3-8H,1-2H3/b4-3+,13-6+. The molecule has 2 rings (SSSR count). The Bertz CT molecular complexity index is 554. The van der Waals surface area contributed by atoms with E-state index in [9.17, 15) is 0 Å². The van der Waals surface area contributed by atoms with Gasteiger partial charge in [-0.15, -0.1) is 27.8 Å². The lowest BCUT2D eigenvalue weighted by atomic mass is 10.5. The van der Waals surface area contributed by atoms with Crippen LogP contribution in [0.4, 0.5) is 0 Å². The summed E-state index contributed by atoms with van der Waals surface area (Å²) in [6.45, 7) is 4.31. The Labute approximate surface area is 123 Å². The smallest absolute Gasteiger partial charge is 0.157 e. The van der Waals surface area contributed by atoms with Gasteiger partial charge in [-0.25, -0.2) is 0 Å². The highest BCUT2D eigenvalue weighted by atomic mass is 32.2. The molecule has 0 unspecified atom stereocenters. The Morgan fingerprint density at radius 1 is 1.00 bits per heavy atom. The van der Waals surface area contributed by atoms with E-state index >= 15 is 0 Å². The van der Waals surface area contributed by atoms with Crippen molar-refractivity contribution in [3.8, 4) is 0 Å². The Balaban J connectivity index is 1.85. The van der Waals surface area contributed by atoms with Crippen molar-refractivity contribution in [3.05, 3.63) is 47.0 Å². The molecule has 1 aromatic rings. The molecule has 0 N–H and O–H groups in total. The van der Waals surface area contributed by atoms with Gasteiger partial charge in [0.25, 0.3) is 0 Å². The van der Waals surface area contributed by atoms with Crippen molar-refractivity contribution in [1.29, 1.82) is 0 Å². The number of thioether (sulfide) groups is 2. The minimum Gasteiger partial charge on any atom is -0.157 e. The third-order valence-corrected chi connectivity index (χ3v) is 6.42. The first kappa shape index (κ1) is 13.9. The lowest BCUT2D eigenvalue weighted by Crippen LogP contribution is -1.81. The maximum absolute atomic E-state index is 4.08. The fourth-order valence-electron chi connectivity index (χ4n) is 1.08. The second-order valence-electron chi connectivity index (χ2n) is 3.33. The summed E-state index contributed by atoms with van der Waals surface area (Å²) in [5, 5.41) is 12.1. The molecule has 0 spiro atoms. The first-order chi connectivity index (χ1) is 8.75. The second kappa shape index (κ2) is 7.13. The van der Waals surface area contributed by atoms with Crippen molar-refractivity contribution in [3.63, 3.8) is 0 Å². The molecule has 0 fully saturated rings. The highest BCUT2D eigenvalue weighted by Crippen LogP contribution is 2.48. The monoisotopic (exact) mass is 312 g/mol. The van der Waals surface area contributed by atoms with Gasteiger partial charge in [0.05, 0.1) is 0 Å². The van der Waals surface area contributed by atoms with Crippen molar-refractivity contribution in [2.24, 2.45) is 10.2 Å². The maximum Gasteiger partial charge on any atom is 0.192 e. The van der Waals surface area contributed by atoms with E-state index in [0.29, 0.717) is 0 Å². The van der Waals surface area contributed by atoms with Crippen LogP contribution in [-0.2, 0) is 0 Å². The molecule has 0 bridgehead atoms. The zero-order valence-corrected chi connectivity index (χ0v) is 13.3. The van der Waals surface area contributed by atoms with E-state index in [0.717, 1.165) is 3.98 Å². The summed E-state index contributed by atoms with van der Waals surface area (Å²) in [4.78, 5) is 2.78. The second-order valence-corrected chi connectivity index (χ2v) is 8.14. The fourth-order valence-corrected chi connectivity index (χ4v) is 4.86. The van der Waals surface area contributed by atoms with Gasteiger partial charge in [-0.05, 0) is 35.8 Å². The first-order valence-corrected chi connectivity index (χ1v) is 8.64. The van der Waals surface area contributed by atoms with E-state index in [2.05, 4.69) is 30.1 Å². The van der Waals surface area contributed by atoms with Gasteiger partial charge in [0.2, 0.25) is 0 Å². The predicted molar refractivity (Wildman–Crippen MR) is 87.0 cm³/mol. The molecule has 0 atom stereocenters. The largest absolute Gasteiger partial charge is 0.192 e. The van der Waals surface area contributed by atoms with Crippen LogP contribution >= 0.6 is 46.2 Å². The quantitative estimate of drug-likeness (QED) is 0.590. The molecule has 6 heteroatoms. The summed E-state index contributed by atoms with van der Waals surface area (Å²) in [5.74, 6) is 0. The normalized spacial score (nSPS) is 16.2. The summed E-state index contributed by atoms with van der Waals surface area (Å²) in [6.07, 6.45) is 7.72. The number of hydrogen-bond acceptors (Lipinski definition) is 6. The van der Waals surface area contributed by atoms with Gasteiger partial charge in [-0.2, -0.15) is 5.10 Å². The molecule has 0 aromatic carbocycles. The van der Waals surface area contributed by atoms with E-state index in [1.165, 1.54) is 14.0 Å². The van der Waals surface area contributed by atoms with Gasteiger partial charge in [-0.1, -0.05) is 29.6 Å². The first-order valence-electron chi connectivity index (χ1n) is 5.25. The summed E-state index contributed by atoms with van der Waals surface area (Å²) < 4.78 is 2.28. The van der Waals surface area contributed by atoms with Crippen LogP contribution in [-0.4, -0.2) is 6.21 Å². The van der Waals surface area contributed by atoms with Gasteiger partial charge in [-0.3, -0.25) is 0 Å². The van der Waals surface area contributed by atoms with Gasteiger partial charge < -0.3 is 0 Å². The lowest BCUT2D eigenvalue weighted by Gasteiger charge is -1.90. The van der Waals surface area contributed by atoms with Crippen molar-refractivity contribution in [2.75, 3.05) is 0 Å². The zero-order valence-electron chi connectivity index (χ0n) is 9.99. The predicted octanol–water partition coefficient (Wildman–Crippen LogP) is 4.83. The third-order valence-electron chi connectivity index (χ3n) is 2.03. The molecule has 2 heterocycles. The highest BCUT2D eigenvalue weighted by molar-refractivity contribution is 8.28. The Kier molecular flexibility index (Phi) is 5.49. The summed E-state index contributed by atoms with van der Waals surface area (Å²) >= 11 is 6.84. The molecule has 0 saturated heterocycles. The van der Waals surface area contributed by atoms with Crippen LogP contribution in [0.25, 0.3) is 0 Å². The van der Waals surface area contributed by atoms with Crippen LogP contribution in [0.3, 0.4) is 0 Å². The van der Waals surface area contributed by atoms with E-state index < -0.39 is 0 Å². The molecule has 18 heavy (non-hydrogen) atoms. The van der Waals surface area contributed by atoms with Crippen LogP contribution in [0.15, 0.2) is 53.2 Å². The molecule has 1 aromatic heterocycles. The van der Waals surface area contributed by atoms with Crippen LogP contribution < -0.4 is 3.98 Å². The minimum absolute atomic E-state index is 0.968. The summed E-state index contributed by atoms with van der Waals surface area (Å²) in [5.41, 5.74) is 0. The van der Waals surface area contributed by atoms with Gasteiger partial charge in [0, 0.05) is 21.2 Å². The third kappa shape index (κ3) is 4.28. The van der Waals surface area contributed by atoms with Crippen molar-refractivity contribution in [2.45, 2.75) is 13.8 Å². The van der Waals surface area contributed by atoms with E-state index in [-0.39, 0.29) is 0 Å². The van der Waals surface area contributed by atoms with Crippen LogP contribution in [0.5, 0.6) is 0 Å². The molecule has 0 amide bonds. The fraction of sp³-hybridized carbons (Fsp3) is 0.167. The molecular formula is C12H12N2S4. The van der Waals surface area contributed by atoms with Gasteiger partial charge in [0.15, 0.2) is 3.98 Å². The van der Waals surface area contributed by atoms with Crippen LogP contribution in [0.1, 0.15) is 13.8 Å². The average molecular weight is 313 g/mol. The molecule has 0 saturated carbocycles. The Morgan fingerprint density at radius 2 is 1.67 bits per heavy atom. The van der Waals surface area contributed by atoms with Crippen LogP contribution in [0.2, 0.25) is 0 Å². The van der Waals surface area contributed by atoms with Crippen molar-refractivity contribution in [1.82, 2.24) is 0 Å². The molecule has 0 radical (unpaired) electrons. The summed E-state index contributed by atoms with van der Waals surface area (Å²) in [6, 6.07) is 0. The van der Waals surface area contributed by atoms with Gasteiger partial charge in [0.1, 0.15) is 0 Å². The number of rotatable bonds is 3. The number of hydrogen-bond donors (Lipinski definition) is 0. The average Bonchev–Trinajstić information content (AvgIpc) is 2.95. The lowest BCUT2D eigenvalue weighted by molar-refractivity contribution is 1.20. The SMILES string of the molecule is CC1=C(C)SC(=C/C=C/C=N/N=c2sccs2)S1. The molecule has 94 valence electrons. The number of nitrogens with zero attached hydrogens (tertiary/aromatic N) is 2.